The standard InChI is InChI=1S/C10H23O2Si/c1-10(2,3)9(11-4)7-12-8-13(5)6/h9H,7-8H2,1-6H3/t9-/m1/s1. The molecular weight excluding hydrogens is 180 g/mol. The number of hydrogen-bond acceptors (Lipinski definition) is 2. The molecule has 0 aliphatic heterocycles. The summed E-state index contributed by atoms with van der Waals surface area (Å²) in [5, 5.41) is 0. The van der Waals surface area contributed by atoms with Crippen LogP contribution in [0, 0.1) is 5.41 Å². The van der Waals surface area contributed by atoms with Crippen molar-refractivity contribution < 1.29 is 9.47 Å². The fourth-order valence-corrected chi connectivity index (χ4v) is 1.57. The maximum Gasteiger partial charge on any atom is 0.0852 e. The van der Waals surface area contributed by atoms with Crippen molar-refractivity contribution in [3.63, 3.8) is 0 Å². The predicted molar refractivity (Wildman–Crippen MR) is 58.6 cm³/mol. The summed E-state index contributed by atoms with van der Waals surface area (Å²) in [5.74, 6) is 0. The van der Waals surface area contributed by atoms with Crippen LogP contribution in [0.1, 0.15) is 20.8 Å². The van der Waals surface area contributed by atoms with E-state index >= 15 is 0 Å². The fourth-order valence-electron chi connectivity index (χ4n) is 1.04. The Hall–Kier alpha value is 0.137. The van der Waals surface area contributed by atoms with Crippen LogP contribution < -0.4 is 0 Å². The normalized spacial score (nSPS) is 15.0. The smallest absolute Gasteiger partial charge is 0.0852 e. The summed E-state index contributed by atoms with van der Waals surface area (Å²) in [6.45, 7) is 11.7. The van der Waals surface area contributed by atoms with Crippen molar-refractivity contribution in [2.75, 3.05) is 19.9 Å². The Morgan fingerprint density at radius 3 is 2.08 bits per heavy atom. The van der Waals surface area contributed by atoms with Gasteiger partial charge in [0.25, 0.3) is 0 Å². The largest absolute Gasteiger partial charge is 0.382 e. The van der Waals surface area contributed by atoms with Crippen LogP contribution in [0.4, 0.5) is 0 Å². The Kier molecular flexibility index (Phi) is 5.84. The Balaban J connectivity index is 3.73. The molecule has 0 unspecified atom stereocenters. The minimum Gasteiger partial charge on any atom is -0.382 e. The molecule has 0 fully saturated rings. The molecule has 0 N–H and O–H groups in total. The molecule has 2 nitrogen and oxygen atoms in total. The van der Waals surface area contributed by atoms with Gasteiger partial charge in [-0.3, -0.25) is 0 Å². The van der Waals surface area contributed by atoms with Gasteiger partial charge in [0, 0.05) is 13.3 Å². The second kappa shape index (κ2) is 5.78. The molecule has 0 bridgehead atoms. The topological polar surface area (TPSA) is 18.5 Å². The van der Waals surface area contributed by atoms with Crippen molar-refractivity contribution in [2.45, 2.75) is 40.0 Å². The lowest BCUT2D eigenvalue weighted by molar-refractivity contribution is -0.0391. The van der Waals surface area contributed by atoms with E-state index in [9.17, 15) is 0 Å². The van der Waals surface area contributed by atoms with Crippen molar-refractivity contribution in [3.05, 3.63) is 0 Å². The van der Waals surface area contributed by atoms with Crippen molar-refractivity contribution in [1.82, 2.24) is 0 Å². The first-order valence-electron chi connectivity index (χ1n) is 4.77. The average Bonchev–Trinajstić information content (AvgIpc) is 1.95. The monoisotopic (exact) mass is 203 g/mol. The summed E-state index contributed by atoms with van der Waals surface area (Å²) in [7, 11) is 1.49. The van der Waals surface area contributed by atoms with E-state index in [-0.39, 0.29) is 20.3 Å². The average molecular weight is 203 g/mol. The molecule has 0 saturated heterocycles. The first kappa shape index (κ1) is 13.1. The van der Waals surface area contributed by atoms with Crippen LogP contribution in [-0.4, -0.2) is 34.8 Å². The predicted octanol–water partition coefficient (Wildman–Crippen LogP) is 2.36. The van der Waals surface area contributed by atoms with Crippen LogP contribution in [0.15, 0.2) is 0 Å². The van der Waals surface area contributed by atoms with Crippen LogP contribution in [0.2, 0.25) is 13.1 Å². The van der Waals surface area contributed by atoms with Gasteiger partial charge < -0.3 is 9.47 Å². The summed E-state index contributed by atoms with van der Waals surface area (Å²) < 4.78 is 11.0. The molecule has 0 heterocycles. The van der Waals surface area contributed by atoms with Gasteiger partial charge in [0.2, 0.25) is 0 Å². The first-order chi connectivity index (χ1) is 5.88. The molecule has 1 radical (unpaired) electrons. The zero-order valence-corrected chi connectivity index (χ0v) is 10.8. The van der Waals surface area contributed by atoms with Crippen molar-refractivity contribution in [3.8, 4) is 0 Å². The quantitative estimate of drug-likeness (QED) is 0.639. The van der Waals surface area contributed by atoms with Gasteiger partial charge in [-0.05, 0) is 5.41 Å². The maximum absolute atomic E-state index is 5.59. The number of ether oxygens (including phenoxy) is 2. The third-order valence-corrected chi connectivity index (χ3v) is 2.69. The van der Waals surface area contributed by atoms with E-state index in [1.165, 1.54) is 0 Å². The van der Waals surface area contributed by atoms with Crippen molar-refractivity contribution in [2.24, 2.45) is 5.41 Å². The Morgan fingerprint density at radius 1 is 1.23 bits per heavy atom. The molecule has 0 rings (SSSR count). The highest BCUT2D eigenvalue weighted by molar-refractivity contribution is 6.55. The summed E-state index contributed by atoms with van der Waals surface area (Å²) in [5.41, 5.74) is 0.170. The van der Waals surface area contributed by atoms with Gasteiger partial charge in [-0.15, -0.1) is 0 Å². The van der Waals surface area contributed by atoms with Gasteiger partial charge in [0.1, 0.15) is 0 Å². The van der Waals surface area contributed by atoms with Gasteiger partial charge in [-0.1, -0.05) is 33.9 Å². The van der Waals surface area contributed by atoms with Crippen molar-refractivity contribution in [1.29, 1.82) is 0 Å². The lowest BCUT2D eigenvalue weighted by Crippen LogP contribution is -2.33. The van der Waals surface area contributed by atoms with Gasteiger partial charge in [-0.25, -0.2) is 0 Å². The van der Waals surface area contributed by atoms with E-state index in [2.05, 4.69) is 33.9 Å². The number of methoxy groups -OCH3 is 1. The zero-order chi connectivity index (χ0) is 10.5. The van der Waals surface area contributed by atoms with E-state index in [0.29, 0.717) is 0 Å². The van der Waals surface area contributed by atoms with Crippen LogP contribution >= 0.6 is 0 Å². The van der Waals surface area contributed by atoms with E-state index in [1.54, 1.807) is 7.11 Å². The molecule has 3 heteroatoms. The summed E-state index contributed by atoms with van der Waals surface area (Å²) in [6, 6.07) is 0. The van der Waals surface area contributed by atoms with Gasteiger partial charge in [0.15, 0.2) is 0 Å². The first-order valence-corrected chi connectivity index (χ1v) is 7.48. The molecule has 0 amide bonds. The Labute approximate surface area is 84.2 Å². The summed E-state index contributed by atoms with van der Waals surface area (Å²) in [6.07, 6.45) is 1.12. The van der Waals surface area contributed by atoms with Crippen LogP contribution in [-0.2, 0) is 9.47 Å². The third-order valence-electron chi connectivity index (χ3n) is 1.91. The van der Waals surface area contributed by atoms with E-state index in [4.69, 9.17) is 9.47 Å². The number of rotatable bonds is 5. The molecule has 0 aromatic rings. The van der Waals surface area contributed by atoms with E-state index in [1.807, 2.05) is 0 Å². The zero-order valence-electron chi connectivity index (χ0n) is 9.81. The lowest BCUT2D eigenvalue weighted by Gasteiger charge is -2.29. The third kappa shape index (κ3) is 6.24. The minimum absolute atomic E-state index is 0.170. The Bertz CT molecular complexity index is 129. The minimum atomic E-state index is -0.261. The van der Waals surface area contributed by atoms with E-state index in [0.717, 1.165) is 12.8 Å². The molecule has 0 aromatic carbocycles. The summed E-state index contributed by atoms with van der Waals surface area (Å²) >= 11 is 0. The molecular formula is C10H23O2Si. The SMILES string of the molecule is CO[C@H](COC[Si](C)C)C(C)(C)C. The van der Waals surface area contributed by atoms with Gasteiger partial charge >= 0.3 is 0 Å². The molecule has 79 valence electrons. The maximum atomic E-state index is 5.59. The Morgan fingerprint density at radius 2 is 1.77 bits per heavy atom. The highest BCUT2D eigenvalue weighted by Gasteiger charge is 2.24. The molecule has 0 aliphatic rings. The van der Waals surface area contributed by atoms with Crippen LogP contribution in [0.3, 0.4) is 0 Å². The van der Waals surface area contributed by atoms with Gasteiger partial charge in [0.05, 0.1) is 21.5 Å². The molecule has 0 spiro atoms. The van der Waals surface area contributed by atoms with E-state index < -0.39 is 0 Å². The van der Waals surface area contributed by atoms with Crippen molar-refractivity contribution >= 4 is 8.80 Å². The van der Waals surface area contributed by atoms with Crippen LogP contribution in [0.25, 0.3) is 0 Å². The molecule has 1 atom stereocenters. The molecule has 0 saturated carbocycles. The fraction of sp³-hybridized carbons (Fsp3) is 1.00. The molecule has 0 aliphatic carbocycles. The second-order valence-electron chi connectivity index (χ2n) is 4.81. The number of hydrogen-bond donors (Lipinski definition) is 0. The van der Waals surface area contributed by atoms with Gasteiger partial charge in [-0.2, -0.15) is 0 Å². The highest BCUT2D eigenvalue weighted by Crippen LogP contribution is 2.21. The second-order valence-corrected chi connectivity index (χ2v) is 7.52. The highest BCUT2D eigenvalue weighted by atomic mass is 28.3. The van der Waals surface area contributed by atoms with Crippen LogP contribution in [0.5, 0.6) is 0 Å². The molecule has 13 heavy (non-hydrogen) atoms. The lowest BCUT2D eigenvalue weighted by atomic mass is 9.89. The molecule has 0 aromatic heterocycles. The summed E-state index contributed by atoms with van der Waals surface area (Å²) in [4.78, 5) is 0.